The second kappa shape index (κ2) is 9.29. The van der Waals surface area contributed by atoms with Crippen LogP contribution in [0.4, 0.5) is 5.69 Å². The number of nitriles is 1. The third-order valence-corrected chi connectivity index (χ3v) is 4.92. The van der Waals surface area contributed by atoms with Crippen molar-refractivity contribution in [3.05, 3.63) is 105 Å². The fraction of sp³-hybridized carbons (Fsp3) is 0. The van der Waals surface area contributed by atoms with Gasteiger partial charge in [0, 0.05) is 16.4 Å². The van der Waals surface area contributed by atoms with E-state index in [0.29, 0.717) is 17.1 Å². The fourth-order valence-electron chi connectivity index (χ4n) is 2.94. The normalized spacial score (nSPS) is 11.1. The summed E-state index contributed by atoms with van der Waals surface area (Å²) in [7, 11) is 0. The molecule has 1 amide bonds. The van der Waals surface area contributed by atoms with Gasteiger partial charge in [-0.2, -0.15) is 10.2 Å². The number of para-hydroxylation sites is 1. The zero-order chi connectivity index (χ0) is 22.5. The molecule has 0 saturated heterocycles. The fourth-order valence-corrected chi connectivity index (χ4v) is 3.34. The van der Waals surface area contributed by atoms with Crippen molar-refractivity contribution in [2.24, 2.45) is 0 Å². The standard InChI is InChI=1S/C24H15BrN4O3/c25-17-7-6-8-18(14-17)27-22(30)16(15-26)13-20-23(32-19-9-2-1-3-10-19)28-21-11-4-5-12-29(21)24(20)31/h1-14H,(H,27,30)/b16-13-. The van der Waals surface area contributed by atoms with E-state index in [1.165, 1.54) is 10.5 Å². The Labute approximate surface area is 191 Å². The van der Waals surface area contributed by atoms with Crippen LogP contribution in [0.3, 0.4) is 0 Å². The van der Waals surface area contributed by atoms with Gasteiger partial charge in [-0.05, 0) is 48.5 Å². The van der Waals surface area contributed by atoms with Crippen molar-refractivity contribution < 1.29 is 9.53 Å². The molecule has 0 radical (unpaired) electrons. The third-order valence-electron chi connectivity index (χ3n) is 4.43. The molecule has 0 aliphatic rings. The van der Waals surface area contributed by atoms with Gasteiger partial charge >= 0.3 is 0 Å². The topological polar surface area (TPSA) is 96.5 Å². The molecule has 0 bridgehead atoms. The number of benzene rings is 2. The summed E-state index contributed by atoms with van der Waals surface area (Å²) in [5.74, 6) is -0.198. The zero-order valence-corrected chi connectivity index (χ0v) is 18.1. The van der Waals surface area contributed by atoms with E-state index in [-0.39, 0.29) is 17.0 Å². The van der Waals surface area contributed by atoms with Gasteiger partial charge in [0.25, 0.3) is 11.5 Å². The molecule has 156 valence electrons. The van der Waals surface area contributed by atoms with Crippen molar-refractivity contribution in [1.82, 2.24) is 9.38 Å². The molecule has 0 spiro atoms. The molecule has 0 fully saturated rings. The summed E-state index contributed by atoms with van der Waals surface area (Å²) >= 11 is 3.33. The Kier molecular flexibility index (Phi) is 6.10. The minimum absolute atomic E-state index is 0.00425. The van der Waals surface area contributed by atoms with Gasteiger partial charge in [0.2, 0.25) is 5.88 Å². The van der Waals surface area contributed by atoms with Crippen LogP contribution in [0.1, 0.15) is 5.56 Å². The molecule has 32 heavy (non-hydrogen) atoms. The van der Waals surface area contributed by atoms with Gasteiger partial charge in [-0.1, -0.05) is 46.3 Å². The number of hydrogen-bond acceptors (Lipinski definition) is 5. The summed E-state index contributed by atoms with van der Waals surface area (Å²) in [4.78, 5) is 30.3. The van der Waals surface area contributed by atoms with Gasteiger partial charge in [0.1, 0.15) is 28.6 Å². The smallest absolute Gasteiger partial charge is 0.269 e. The van der Waals surface area contributed by atoms with Crippen LogP contribution < -0.4 is 15.6 Å². The van der Waals surface area contributed by atoms with Crippen LogP contribution >= 0.6 is 15.9 Å². The molecule has 0 aliphatic carbocycles. The van der Waals surface area contributed by atoms with Crippen LogP contribution in [0, 0.1) is 11.3 Å². The number of nitrogens with one attached hydrogen (secondary N) is 1. The SMILES string of the molecule is N#C/C(=C/c1c(Oc2ccccc2)nc2ccccn2c1=O)C(=O)Nc1cccc(Br)c1. The number of pyridine rings is 1. The lowest BCUT2D eigenvalue weighted by atomic mass is 10.1. The quantitative estimate of drug-likeness (QED) is 0.323. The molecule has 0 unspecified atom stereocenters. The highest BCUT2D eigenvalue weighted by Gasteiger charge is 2.17. The first-order valence-corrected chi connectivity index (χ1v) is 10.3. The summed E-state index contributed by atoms with van der Waals surface area (Å²) in [6, 6.07) is 22.7. The van der Waals surface area contributed by atoms with E-state index in [9.17, 15) is 14.9 Å². The number of aromatic nitrogens is 2. The molecule has 4 aromatic rings. The van der Waals surface area contributed by atoms with E-state index in [0.717, 1.165) is 4.47 Å². The number of halogens is 1. The van der Waals surface area contributed by atoms with Crippen LogP contribution in [-0.4, -0.2) is 15.3 Å². The summed E-state index contributed by atoms with van der Waals surface area (Å²) in [5.41, 5.74) is 0.123. The largest absolute Gasteiger partial charge is 0.438 e. The van der Waals surface area contributed by atoms with Crippen molar-refractivity contribution in [1.29, 1.82) is 5.26 Å². The summed E-state index contributed by atoms with van der Waals surface area (Å²) in [6.07, 6.45) is 2.75. The summed E-state index contributed by atoms with van der Waals surface area (Å²) in [6.45, 7) is 0. The number of hydrogen-bond donors (Lipinski definition) is 1. The van der Waals surface area contributed by atoms with E-state index in [2.05, 4.69) is 26.2 Å². The Bertz CT molecular complexity index is 1440. The number of anilines is 1. The Morgan fingerprint density at radius 1 is 1.09 bits per heavy atom. The van der Waals surface area contributed by atoms with E-state index in [1.807, 2.05) is 18.2 Å². The maximum atomic E-state index is 13.2. The van der Waals surface area contributed by atoms with Crippen molar-refractivity contribution in [3.8, 4) is 17.7 Å². The molecule has 2 aromatic carbocycles. The molecule has 0 aliphatic heterocycles. The first kappa shape index (κ1) is 21.0. The molecular weight excluding hydrogens is 472 g/mol. The van der Waals surface area contributed by atoms with Gasteiger partial charge in [-0.15, -0.1) is 0 Å². The van der Waals surface area contributed by atoms with Crippen LogP contribution in [0.2, 0.25) is 0 Å². The van der Waals surface area contributed by atoms with E-state index in [4.69, 9.17) is 4.74 Å². The highest BCUT2D eigenvalue weighted by molar-refractivity contribution is 9.10. The van der Waals surface area contributed by atoms with Crippen LogP contribution in [0.5, 0.6) is 11.6 Å². The predicted octanol–water partition coefficient (Wildman–Crippen LogP) is 4.79. The van der Waals surface area contributed by atoms with Crippen LogP contribution in [-0.2, 0) is 4.79 Å². The van der Waals surface area contributed by atoms with Gasteiger partial charge in [0.05, 0.1) is 0 Å². The number of carbonyl (C=O) groups excluding carboxylic acids is 1. The highest BCUT2D eigenvalue weighted by Crippen LogP contribution is 2.24. The maximum absolute atomic E-state index is 13.2. The van der Waals surface area contributed by atoms with Gasteiger partial charge in [-0.25, -0.2) is 0 Å². The minimum atomic E-state index is -0.659. The molecule has 1 N–H and O–H groups in total. The van der Waals surface area contributed by atoms with Gasteiger partial charge in [0.15, 0.2) is 0 Å². The van der Waals surface area contributed by atoms with Crippen molar-refractivity contribution >= 4 is 39.2 Å². The summed E-state index contributed by atoms with van der Waals surface area (Å²) < 4.78 is 7.94. The van der Waals surface area contributed by atoms with Gasteiger partial charge < -0.3 is 10.1 Å². The average Bonchev–Trinajstić information content (AvgIpc) is 2.80. The molecule has 8 heteroatoms. The Morgan fingerprint density at radius 2 is 1.88 bits per heavy atom. The monoisotopic (exact) mass is 486 g/mol. The Hall–Kier alpha value is -4.22. The van der Waals surface area contributed by atoms with E-state index in [1.54, 1.807) is 66.9 Å². The molecular formula is C24H15BrN4O3. The second-order valence-electron chi connectivity index (χ2n) is 6.61. The lowest BCUT2D eigenvalue weighted by molar-refractivity contribution is -0.112. The number of rotatable bonds is 5. The Balaban J connectivity index is 1.80. The molecule has 0 saturated carbocycles. The number of ether oxygens (including phenoxy) is 1. The minimum Gasteiger partial charge on any atom is -0.438 e. The average molecular weight is 487 g/mol. The lowest BCUT2D eigenvalue weighted by Crippen LogP contribution is -2.20. The van der Waals surface area contributed by atoms with E-state index < -0.39 is 11.5 Å². The number of fused-ring (bicyclic) bond motifs is 1. The maximum Gasteiger partial charge on any atom is 0.269 e. The van der Waals surface area contributed by atoms with Crippen molar-refractivity contribution in [2.45, 2.75) is 0 Å². The number of nitrogens with zero attached hydrogens (tertiary/aromatic N) is 3. The molecule has 0 atom stereocenters. The van der Waals surface area contributed by atoms with Crippen LogP contribution in [0.15, 0.2) is 93.8 Å². The first-order valence-electron chi connectivity index (χ1n) is 9.48. The summed E-state index contributed by atoms with van der Waals surface area (Å²) in [5, 5.41) is 12.3. The zero-order valence-electron chi connectivity index (χ0n) is 16.5. The highest BCUT2D eigenvalue weighted by atomic mass is 79.9. The molecule has 2 aromatic heterocycles. The number of carbonyl (C=O) groups is 1. The Morgan fingerprint density at radius 3 is 2.62 bits per heavy atom. The molecule has 7 nitrogen and oxygen atoms in total. The van der Waals surface area contributed by atoms with Crippen molar-refractivity contribution in [3.63, 3.8) is 0 Å². The van der Waals surface area contributed by atoms with Crippen molar-refractivity contribution in [2.75, 3.05) is 5.32 Å². The van der Waals surface area contributed by atoms with Gasteiger partial charge in [-0.3, -0.25) is 14.0 Å². The first-order chi connectivity index (χ1) is 15.5. The second-order valence-corrected chi connectivity index (χ2v) is 7.53. The predicted molar refractivity (Wildman–Crippen MR) is 124 cm³/mol. The lowest BCUT2D eigenvalue weighted by Gasteiger charge is -2.10. The van der Waals surface area contributed by atoms with E-state index >= 15 is 0 Å². The third kappa shape index (κ3) is 4.58. The number of amides is 1. The van der Waals surface area contributed by atoms with Crippen LogP contribution in [0.25, 0.3) is 11.7 Å². The molecule has 2 heterocycles. The molecule has 4 rings (SSSR count).